The van der Waals surface area contributed by atoms with Crippen LogP contribution in [0.4, 0.5) is 17.6 Å². The van der Waals surface area contributed by atoms with Crippen molar-refractivity contribution >= 4 is 5.97 Å². The summed E-state index contributed by atoms with van der Waals surface area (Å²) in [6.45, 7) is 0. The quantitative estimate of drug-likeness (QED) is 0.865. The van der Waals surface area contributed by atoms with Crippen molar-refractivity contribution in [3.63, 3.8) is 0 Å². The van der Waals surface area contributed by atoms with Crippen LogP contribution in [0.25, 0.3) is 11.1 Å². The number of aliphatic carboxylic acids is 1. The van der Waals surface area contributed by atoms with E-state index in [0.29, 0.717) is 0 Å². The number of carbonyl (C=O) groups is 1. The van der Waals surface area contributed by atoms with E-state index in [-0.39, 0.29) is 16.7 Å². The largest absolute Gasteiger partial charge is 0.481 e. The highest BCUT2D eigenvalue weighted by Crippen LogP contribution is 2.33. The van der Waals surface area contributed by atoms with Gasteiger partial charge in [0, 0.05) is 5.56 Å². The minimum absolute atomic E-state index is 0.126. The van der Waals surface area contributed by atoms with E-state index < -0.39 is 29.9 Å². The van der Waals surface area contributed by atoms with Gasteiger partial charge in [-0.1, -0.05) is 24.3 Å². The number of hydrogen-bond donors (Lipinski definition) is 1. The van der Waals surface area contributed by atoms with Crippen LogP contribution in [0.1, 0.15) is 11.1 Å². The van der Waals surface area contributed by atoms with Crippen LogP contribution in [0.5, 0.6) is 0 Å². The number of hydrogen-bond acceptors (Lipinski definition) is 1. The highest BCUT2D eigenvalue weighted by molar-refractivity contribution is 5.77. The lowest BCUT2D eigenvalue weighted by Crippen LogP contribution is -2.06. The minimum atomic E-state index is -4.52. The molecular formula is C15H10F4O2. The molecule has 0 unspecified atom stereocenters. The number of rotatable bonds is 3. The zero-order valence-corrected chi connectivity index (χ0v) is 10.6. The molecule has 0 saturated carbocycles. The van der Waals surface area contributed by atoms with E-state index in [2.05, 4.69) is 0 Å². The lowest BCUT2D eigenvalue weighted by molar-refractivity contribution is -0.138. The van der Waals surface area contributed by atoms with Gasteiger partial charge in [-0.3, -0.25) is 4.79 Å². The molecule has 0 aliphatic carbocycles. The zero-order chi connectivity index (χ0) is 15.6. The smallest absolute Gasteiger partial charge is 0.416 e. The summed E-state index contributed by atoms with van der Waals surface area (Å²) >= 11 is 0. The van der Waals surface area contributed by atoms with E-state index in [9.17, 15) is 22.4 Å². The molecule has 0 atom stereocenters. The Labute approximate surface area is 117 Å². The van der Waals surface area contributed by atoms with Gasteiger partial charge in [0.05, 0.1) is 12.0 Å². The first kappa shape index (κ1) is 15.0. The summed E-state index contributed by atoms with van der Waals surface area (Å²) in [7, 11) is 0. The fraction of sp³-hybridized carbons (Fsp3) is 0.133. The van der Waals surface area contributed by atoms with Crippen LogP contribution in [0, 0.1) is 5.82 Å². The van der Waals surface area contributed by atoms with Gasteiger partial charge in [0.2, 0.25) is 0 Å². The van der Waals surface area contributed by atoms with Crippen LogP contribution >= 0.6 is 0 Å². The van der Waals surface area contributed by atoms with Crippen molar-refractivity contribution in [1.29, 1.82) is 0 Å². The second-order valence-corrected chi connectivity index (χ2v) is 4.42. The number of carboxylic acids is 1. The minimum Gasteiger partial charge on any atom is -0.481 e. The summed E-state index contributed by atoms with van der Waals surface area (Å²) in [4.78, 5) is 10.8. The van der Waals surface area contributed by atoms with Gasteiger partial charge in [0.15, 0.2) is 0 Å². The Kier molecular flexibility index (Phi) is 3.97. The Hall–Kier alpha value is -2.37. The van der Waals surface area contributed by atoms with Crippen LogP contribution in [0.15, 0.2) is 42.5 Å². The van der Waals surface area contributed by atoms with Crippen LogP contribution in [0.2, 0.25) is 0 Å². The summed E-state index contributed by atoms with van der Waals surface area (Å²) in [5, 5.41) is 8.80. The molecular weight excluding hydrogens is 288 g/mol. The molecule has 6 heteroatoms. The molecule has 21 heavy (non-hydrogen) atoms. The van der Waals surface area contributed by atoms with Crippen LogP contribution in [-0.4, -0.2) is 11.1 Å². The molecule has 2 aromatic rings. The number of carboxylic acid groups (broad SMARTS) is 1. The molecule has 0 aliphatic rings. The van der Waals surface area contributed by atoms with Crippen molar-refractivity contribution in [3.05, 3.63) is 59.4 Å². The fourth-order valence-corrected chi connectivity index (χ4v) is 2.02. The third kappa shape index (κ3) is 3.39. The molecule has 0 aliphatic heterocycles. The van der Waals surface area contributed by atoms with Gasteiger partial charge in [-0.05, 0) is 29.3 Å². The van der Waals surface area contributed by atoms with Crippen molar-refractivity contribution in [2.24, 2.45) is 0 Å². The third-order valence-electron chi connectivity index (χ3n) is 2.95. The first-order valence-corrected chi connectivity index (χ1v) is 5.96. The molecule has 0 spiro atoms. The normalized spacial score (nSPS) is 11.4. The summed E-state index contributed by atoms with van der Waals surface area (Å²) in [6, 6.07) is 8.17. The topological polar surface area (TPSA) is 37.3 Å². The van der Waals surface area contributed by atoms with E-state index in [1.807, 2.05) is 0 Å². The van der Waals surface area contributed by atoms with Gasteiger partial charge in [-0.15, -0.1) is 0 Å². The van der Waals surface area contributed by atoms with Crippen LogP contribution in [0.3, 0.4) is 0 Å². The van der Waals surface area contributed by atoms with Gasteiger partial charge in [-0.25, -0.2) is 4.39 Å². The number of alkyl halides is 3. The predicted octanol–water partition coefficient (Wildman–Crippen LogP) is 4.14. The summed E-state index contributed by atoms with van der Waals surface area (Å²) in [5.41, 5.74) is -0.737. The summed E-state index contributed by atoms with van der Waals surface area (Å²) < 4.78 is 51.9. The van der Waals surface area contributed by atoms with Crippen molar-refractivity contribution in [2.45, 2.75) is 12.6 Å². The van der Waals surface area contributed by atoms with Gasteiger partial charge >= 0.3 is 12.1 Å². The number of benzene rings is 2. The summed E-state index contributed by atoms with van der Waals surface area (Å²) in [5.74, 6) is -2.01. The standard InChI is InChI=1S/C15H10F4O2/c16-13-6-2-5-11(12(13)8-14(20)21)9-3-1-4-10(7-9)15(17,18)19/h1-7H,8H2,(H,20,21). The van der Waals surface area contributed by atoms with E-state index in [4.69, 9.17) is 5.11 Å². The molecule has 0 bridgehead atoms. The first-order chi connectivity index (χ1) is 9.79. The van der Waals surface area contributed by atoms with Crippen molar-refractivity contribution in [2.75, 3.05) is 0 Å². The second kappa shape index (κ2) is 5.55. The van der Waals surface area contributed by atoms with Crippen LogP contribution < -0.4 is 0 Å². The fourth-order valence-electron chi connectivity index (χ4n) is 2.02. The lowest BCUT2D eigenvalue weighted by atomic mass is 9.96. The SMILES string of the molecule is O=C(O)Cc1c(F)cccc1-c1cccc(C(F)(F)F)c1. The number of halogens is 4. The van der Waals surface area contributed by atoms with E-state index in [1.165, 1.54) is 24.3 Å². The molecule has 0 aromatic heterocycles. The molecule has 2 nitrogen and oxygen atoms in total. The average Bonchev–Trinajstić information content (AvgIpc) is 2.40. The Morgan fingerprint density at radius 1 is 1.10 bits per heavy atom. The Morgan fingerprint density at radius 3 is 2.38 bits per heavy atom. The molecule has 0 radical (unpaired) electrons. The third-order valence-corrected chi connectivity index (χ3v) is 2.95. The summed E-state index contributed by atoms with van der Waals surface area (Å²) in [6.07, 6.45) is -5.12. The second-order valence-electron chi connectivity index (χ2n) is 4.42. The molecule has 2 rings (SSSR count). The predicted molar refractivity (Wildman–Crippen MR) is 68.2 cm³/mol. The molecule has 0 heterocycles. The van der Waals surface area contributed by atoms with E-state index >= 15 is 0 Å². The maximum absolute atomic E-state index is 13.7. The first-order valence-electron chi connectivity index (χ1n) is 5.96. The molecule has 2 aromatic carbocycles. The maximum atomic E-state index is 13.7. The molecule has 1 N–H and O–H groups in total. The molecule has 0 amide bonds. The Balaban J connectivity index is 2.57. The average molecular weight is 298 g/mol. The van der Waals surface area contributed by atoms with Crippen molar-refractivity contribution in [1.82, 2.24) is 0 Å². The highest BCUT2D eigenvalue weighted by Gasteiger charge is 2.30. The lowest BCUT2D eigenvalue weighted by Gasteiger charge is -2.12. The maximum Gasteiger partial charge on any atom is 0.416 e. The van der Waals surface area contributed by atoms with Gasteiger partial charge < -0.3 is 5.11 Å². The van der Waals surface area contributed by atoms with Gasteiger partial charge in [-0.2, -0.15) is 13.2 Å². The molecule has 110 valence electrons. The van der Waals surface area contributed by atoms with Gasteiger partial charge in [0.25, 0.3) is 0 Å². The zero-order valence-electron chi connectivity index (χ0n) is 10.6. The Bertz CT molecular complexity index is 678. The highest BCUT2D eigenvalue weighted by atomic mass is 19.4. The van der Waals surface area contributed by atoms with E-state index in [1.54, 1.807) is 0 Å². The molecule has 0 saturated heterocycles. The van der Waals surface area contributed by atoms with Crippen LogP contribution in [-0.2, 0) is 17.4 Å². The monoisotopic (exact) mass is 298 g/mol. The Morgan fingerprint density at radius 2 is 1.76 bits per heavy atom. The van der Waals surface area contributed by atoms with E-state index in [0.717, 1.165) is 18.2 Å². The van der Waals surface area contributed by atoms with Crippen molar-refractivity contribution in [3.8, 4) is 11.1 Å². The van der Waals surface area contributed by atoms with Crippen molar-refractivity contribution < 1.29 is 27.5 Å². The molecule has 0 fully saturated rings. The van der Waals surface area contributed by atoms with Gasteiger partial charge in [0.1, 0.15) is 5.82 Å².